The van der Waals surface area contributed by atoms with Gasteiger partial charge in [0.25, 0.3) is 0 Å². The van der Waals surface area contributed by atoms with Gasteiger partial charge in [-0.2, -0.15) is 0 Å². The Bertz CT molecular complexity index is 402. The Morgan fingerprint density at radius 1 is 1.26 bits per heavy atom. The van der Waals surface area contributed by atoms with Gasteiger partial charge in [-0.05, 0) is 36.8 Å². The highest BCUT2D eigenvalue weighted by molar-refractivity contribution is 5.55. The summed E-state index contributed by atoms with van der Waals surface area (Å²) >= 11 is 0. The molecule has 3 atom stereocenters. The molecule has 2 nitrogen and oxygen atoms in total. The zero-order chi connectivity index (χ0) is 13.8. The molecule has 0 aliphatic heterocycles. The van der Waals surface area contributed by atoms with Crippen LogP contribution in [0.3, 0.4) is 0 Å². The minimum atomic E-state index is 0.151. The summed E-state index contributed by atoms with van der Waals surface area (Å²) in [6.45, 7) is 4.55. The van der Waals surface area contributed by atoms with E-state index in [2.05, 4.69) is 50.1 Å². The molecule has 0 heterocycles. The van der Waals surface area contributed by atoms with Crippen molar-refractivity contribution in [3.63, 3.8) is 0 Å². The van der Waals surface area contributed by atoms with Gasteiger partial charge in [0.15, 0.2) is 0 Å². The van der Waals surface area contributed by atoms with Crippen LogP contribution in [-0.4, -0.2) is 13.1 Å². The largest absolute Gasteiger partial charge is 0.371 e. The molecule has 1 aliphatic carbocycles. The molecule has 0 bridgehead atoms. The SMILES string of the molecule is CC[C@H](N)c1ccccc1N(C)C1CCCCC1C. The number of anilines is 1. The monoisotopic (exact) mass is 260 g/mol. The van der Waals surface area contributed by atoms with E-state index in [4.69, 9.17) is 5.73 Å². The Hall–Kier alpha value is -1.02. The average Bonchev–Trinajstić information content (AvgIpc) is 2.46. The lowest BCUT2D eigenvalue weighted by atomic mass is 9.84. The van der Waals surface area contributed by atoms with E-state index < -0.39 is 0 Å². The van der Waals surface area contributed by atoms with Crippen molar-refractivity contribution in [3.8, 4) is 0 Å². The number of benzene rings is 1. The second-order valence-electron chi connectivity index (χ2n) is 6.01. The van der Waals surface area contributed by atoms with Gasteiger partial charge in [0.2, 0.25) is 0 Å². The highest BCUT2D eigenvalue weighted by Gasteiger charge is 2.26. The first-order valence-corrected chi connectivity index (χ1v) is 7.72. The van der Waals surface area contributed by atoms with E-state index in [1.54, 1.807) is 0 Å². The van der Waals surface area contributed by atoms with E-state index in [1.165, 1.54) is 36.9 Å². The van der Waals surface area contributed by atoms with Crippen molar-refractivity contribution >= 4 is 5.69 Å². The standard InChI is InChI=1S/C17H28N2/c1-4-15(18)14-10-6-8-12-17(14)19(3)16-11-7-5-9-13(16)2/h6,8,10,12-13,15-16H,4-5,7,9,11,18H2,1-3H3/t13?,15-,16?/m0/s1. The van der Waals surface area contributed by atoms with Crippen LogP contribution in [0.2, 0.25) is 0 Å². The molecule has 0 amide bonds. The maximum absolute atomic E-state index is 6.27. The summed E-state index contributed by atoms with van der Waals surface area (Å²) in [5, 5.41) is 0. The molecule has 0 radical (unpaired) electrons. The lowest BCUT2D eigenvalue weighted by Crippen LogP contribution is -2.39. The second-order valence-corrected chi connectivity index (χ2v) is 6.01. The molecule has 106 valence electrons. The summed E-state index contributed by atoms with van der Waals surface area (Å²) in [5.74, 6) is 0.782. The maximum Gasteiger partial charge on any atom is 0.0414 e. The van der Waals surface area contributed by atoms with Crippen LogP contribution >= 0.6 is 0 Å². The van der Waals surface area contributed by atoms with Crippen LogP contribution in [0.5, 0.6) is 0 Å². The molecule has 1 saturated carbocycles. The van der Waals surface area contributed by atoms with Crippen molar-refractivity contribution < 1.29 is 0 Å². The Labute approximate surface area is 118 Å². The molecule has 19 heavy (non-hydrogen) atoms. The first-order chi connectivity index (χ1) is 9.15. The molecule has 0 saturated heterocycles. The highest BCUT2D eigenvalue weighted by Crippen LogP contribution is 2.33. The Kier molecular flexibility index (Phi) is 4.87. The van der Waals surface area contributed by atoms with E-state index >= 15 is 0 Å². The molecule has 2 unspecified atom stereocenters. The third kappa shape index (κ3) is 3.11. The first kappa shape index (κ1) is 14.4. The van der Waals surface area contributed by atoms with E-state index in [-0.39, 0.29) is 6.04 Å². The summed E-state index contributed by atoms with van der Waals surface area (Å²) in [5.41, 5.74) is 8.90. The van der Waals surface area contributed by atoms with Gasteiger partial charge >= 0.3 is 0 Å². The lowest BCUT2D eigenvalue weighted by molar-refractivity contribution is 0.321. The van der Waals surface area contributed by atoms with Gasteiger partial charge < -0.3 is 10.6 Å². The third-order valence-electron chi connectivity index (χ3n) is 4.72. The van der Waals surface area contributed by atoms with Crippen LogP contribution in [0, 0.1) is 5.92 Å². The molecule has 1 aromatic carbocycles. The van der Waals surface area contributed by atoms with Gasteiger partial charge in [-0.25, -0.2) is 0 Å². The zero-order valence-electron chi connectivity index (χ0n) is 12.6. The third-order valence-corrected chi connectivity index (χ3v) is 4.72. The molecule has 0 spiro atoms. The van der Waals surface area contributed by atoms with Gasteiger partial charge in [-0.3, -0.25) is 0 Å². The van der Waals surface area contributed by atoms with Gasteiger partial charge in [-0.15, -0.1) is 0 Å². The number of hydrogen-bond acceptors (Lipinski definition) is 2. The van der Waals surface area contributed by atoms with Crippen molar-refractivity contribution in [2.45, 2.75) is 58.0 Å². The topological polar surface area (TPSA) is 29.3 Å². The summed E-state index contributed by atoms with van der Waals surface area (Å²) in [6, 6.07) is 9.47. The van der Waals surface area contributed by atoms with Crippen LogP contribution in [-0.2, 0) is 0 Å². The fourth-order valence-electron chi connectivity index (χ4n) is 3.39. The van der Waals surface area contributed by atoms with Crippen LogP contribution in [0.25, 0.3) is 0 Å². The smallest absolute Gasteiger partial charge is 0.0414 e. The number of para-hydroxylation sites is 1. The molecular weight excluding hydrogens is 232 g/mol. The van der Waals surface area contributed by atoms with Crippen LogP contribution in [0.4, 0.5) is 5.69 Å². The average molecular weight is 260 g/mol. The molecule has 1 aliphatic rings. The minimum absolute atomic E-state index is 0.151. The summed E-state index contributed by atoms with van der Waals surface area (Å²) in [7, 11) is 2.24. The quantitative estimate of drug-likeness (QED) is 0.882. The van der Waals surface area contributed by atoms with E-state index in [0.29, 0.717) is 6.04 Å². The van der Waals surface area contributed by atoms with Crippen molar-refractivity contribution in [1.29, 1.82) is 0 Å². The molecule has 0 aromatic heterocycles. The number of nitrogens with zero attached hydrogens (tertiary/aromatic N) is 1. The molecule has 2 heteroatoms. The first-order valence-electron chi connectivity index (χ1n) is 7.72. The predicted octanol–water partition coefficient (Wildman–Crippen LogP) is 4.11. The van der Waals surface area contributed by atoms with E-state index in [1.807, 2.05) is 0 Å². The van der Waals surface area contributed by atoms with Gasteiger partial charge in [-0.1, -0.05) is 44.9 Å². The fourth-order valence-corrected chi connectivity index (χ4v) is 3.39. The molecular formula is C17H28N2. The van der Waals surface area contributed by atoms with E-state index in [0.717, 1.165) is 12.3 Å². The summed E-state index contributed by atoms with van der Waals surface area (Å²) in [6.07, 6.45) is 6.42. The summed E-state index contributed by atoms with van der Waals surface area (Å²) in [4.78, 5) is 2.48. The summed E-state index contributed by atoms with van der Waals surface area (Å²) < 4.78 is 0. The molecule has 2 rings (SSSR count). The van der Waals surface area contributed by atoms with Crippen LogP contribution in [0.15, 0.2) is 24.3 Å². The van der Waals surface area contributed by atoms with Crippen molar-refractivity contribution in [1.82, 2.24) is 0 Å². The highest BCUT2D eigenvalue weighted by atomic mass is 15.1. The van der Waals surface area contributed by atoms with Crippen LogP contribution < -0.4 is 10.6 Å². The zero-order valence-corrected chi connectivity index (χ0v) is 12.6. The van der Waals surface area contributed by atoms with Gasteiger partial charge in [0.1, 0.15) is 0 Å². The molecule has 2 N–H and O–H groups in total. The predicted molar refractivity (Wildman–Crippen MR) is 83.5 cm³/mol. The molecule has 1 aromatic rings. The van der Waals surface area contributed by atoms with Crippen molar-refractivity contribution in [2.24, 2.45) is 11.7 Å². The van der Waals surface area contributed by atoms with Crippen LogP contribution in [0.1, 0.15) is 57.6 Å². The molecule has 1 fully saturated rings. The van der Waals surface area contributed by atoms with Crippen molar-refractivity contribution in [3.05, 3.63) is 29.8 Å². The number of nitrogens with two attached hydrogens (primary N) is 1. The second kappa shape index (κ2) is 6.42. The maximum atomic E-state index is 6.27. The van der Waals surface area contributed by atoms with Gasteiger partial charge in [0.05, 0.1) is 0 Å². The Morgan fingerprint density at radius 3 is 2.63 bits per heavy atom. The minimum Gasteiger partial charge on any atom is -0.371 e. The number of rotatable bonds is 4. The van der Waals surface area contributed by atoms with Gasteiger partial charge in [0, 0.05) is 24.8 Å². The number of hydrogen-bond donors (Lipinski definition) is 1. The Morgan fingerprint density at radius 2 is 1.95 bits per heavy atom. The van der Waals surface area contributed by atoms with Crippen molar-refractivity contribution in [2.75, 3.05) is 11.9 Å². The fraction of sp³-hybridized carbons (Fsp3) is 0.647. The lowest BCUT2D eigenvalue weighted by Gasteiger charge is -2.39. The normalized spacial score (nSPS) is 25.1. The van der Waals surface area contributed by atoms with E-state index in [9.17, 15) is 0 Å². The Balaban J connectivity index is 2.25.